The molecule has 106 valence electrons. The van der Waals surface area contributed by atoms with Gasteiger partial charge in [0.15, 0.2) is 0 Å². The second-order valence-corrected chi connectivity index (χ2v) is 5.19. The second-order valence-electron chi connectivity index (χ2n) is 5.19. The molecule has 1 heterocycles. The number of likely N-dealkylation sites (tertiary alicyclic amines) is 1. The molecule has 0 saturated carbocycles. The van der Waals surface area contributed by atoms with Gasteiger partial charge in [0, 0.05) is 25.2 Å². The van der Waals surface area contributed by atoms with Crippen molar-refractivity contribution in [2.45, 2.75) is 52.6 Å². The number of nitrogens with zero attached hydrogens (tertiary/aromatic N) is 2. The molecule has 2 atom stereocenters. The summed E-state index contributed by atoms with van der Waals surface area (Å²) < 4.78 is 0. The van der Waals surface area contributed by atoms with Crippen molar-refractivity contribution in [1.29, 1.82) is 0 Å². The van der Waals surface area contributed by atoms with Crippen LogP contribution in [0.5, 0.6) is 0 Å². The highest BCUT2D eigenvalue weighted by atomic mass is 16.2. The van der Waals surface area contributed by atoms with Crippen LogP contribution in [0.25, 0.3) is 0 Å². The molecule has 1 N–H and O–H groups in total. The van der Waals surface area contributed by atoms with Crippen molar-refractivity contribution in [2.75, 3.05) is 32.7 Å². The fourth-order valence-electron chi connectivity index (χ4n) is 2.52. The van der Waals surface area contributed by atoms with E-state index in [4.69, 9.17) is 0 Å². The van der Waals surface area contributed by atoms with Gasteiger partial charge in [-0.15, -0.1) is 0 Å². The number of carbonyl (C=O) groups excluding carboxylic acids is 1. The minimum atomic E-state index is 0.255. The molecule has 0 bridgehead atoms. The highest BCUT2D eigenvalue weighted by Crippen LogP contribution is 2.15. The van der Waals surface area contributed by atoms with E-state index >= 15 is 0 Å². The van der Waals surface area contributed by atoms with Gasteiger partial charge < -0.3 is 10.2 Å². The highest BCUT2D eigenvalue weighted by molar-refractivity contribution is 5.78. The van der Waals surface area contributed by atoms with Gasteiger partial charge in [0.2, 0.25) is 5.91 Å². The largest absolute Gasteiger partial charge is 0.340 e. The van der Waals surface area contributed by atoms with Crippen LogP contribution in [0.1, 0.15) is 40.5 Å². The predicted molar refractivity (Wildman–Crippen MR) is 75.7 cm³/mol. The van der Waals surface area contributed by atoms with E-state index < -0.39 is 0 Å². The fraction of sp³-hybridized carbons (Fsp3) is 0.929. The Morgan fingerprint density at radius 1 is 1.39 bits per heavy atom. The van der Waals surface area contributed by atoms with Gasteiger partial charge in [0.05, 0.1) is 6.54 Å². The monoisotopic (exact) mass is 255 g/mol. The average Bonchev–Trinajstić information content (AvgIpc) is 2.86. The second kappa shape index (κ2) is 7.74. The summed E-state index contributed by atoms with van der Waals surface area (Å²) in [6.45, 7) is 13.1. The van der Waals surface area contributed by atoms with E-state index in [1.807, 2.05) is 4.90 Å². The van der Waals surface area contributed by atoms with Crippen molar-refractivity contribution in [2.24, 2.45) is 0 Å². The molecule has 18 heavy (non-hydrogen) atoms. The first kappa shape index (κ1) is 15.4. The number of hydrogen-bond acceptors (Lipinski definition) is 3. The van der Waals surface area contributed by atoms with Crippen molar-refractivity contribution in [1.82, 2.24) is 15.1 Å². The predicted octanol–water partition coefficient (Wildman–Crippen LogP) is 1.32. The average molecular weight is 255 g/mol. The molecule has 0 aliphatic carbocycles. The lowest BCUT2D eigenvalue weighted by Gasteiger charge is -2.26. The molecule has 2 unspecified atom stereocenters. The minimum Gasteiger partial charge on any atom is -0.340 e. The molecule has 1 aliphatic heterocycles. The van der Waals surface area contributed by atoms with Gasteiger partial charge in [0.25, 0.3) is 0 Å². The maximum Gasteiger partial charge on any atom is 0.236 e. The molecular formula is C14H29N3O. The van der Waals surface area contributed by atoms with Crippen molar-refractivity contribution in [3.63, 3.8) is 0 Å². The number of likely N-dealkylation sites (N-methyl/N-ethyl adjacent to an activating group) is 1. The summed E-state index contributed by atoms with van der Waals surface area (Å²) in [4.78, 5) is 16.5. The first-order valence-corrected chi connectivity index (χ1v) is 7.37. The number of carbonyl (C=O) groups is 1. The highest BCUT2D eigenvalue weighted by Gasteiger charge is 2.28. The van der Waals surface area contributed by atoms with E-state index in [0.717, 1.165) is 39.0 Å². The number of nitrogens with one attached hydrogen (secondary N) is 1. The molecule has 1 amide bonds. The topological polar surface area (TPSA) is 35.6 Å². The van der Waals surface area contributed by atoms with Gasteiger partial charge in [-0.3, -0.25) is 9.69 Å². The Labute approximate surface area is 112 Å². The molecule has 0 spiro atoms. The summed E-state index contributed by atoms with van der Waals surface area (Å²) in [5, 5.41) is 3.28. The summed E-state index contributed by atoms with van der Waals surface area (Å²) >= 11 is 0. The van der Waals surface area contributed by atoms with Crippen LogP contribution in [0.3, 0.4) is 0 Å². The first-order chi connectivity index (χ1) is 8.62. The molecular weight excluding hydrogens is 226 g/mol. The van der Waals surface area contributed by atoms with Crippen molar-refractivity contribution in [3.8, 4) is 0 Å². The molecule has 1 saturated heterocycles. The smallest absolute Gasteiger partial charge is 0.236 e. The Morgan fingerprint density at radius 2 is 2.06 bits per heavy atom. The van der Waals surface area contributed by atoms with E-state index in [1.54, 1.807) is 0 Å². The Morgan fingerprint density at radius 3 is 2.61 bits per heavy atom. The third-order valence-electron chi connectivity index (χ3n) is 4.06. The summed E-state index contributed by atoms with van der Waals surface area (Å²) in [5.41, 5.74) is 0. The van der Waals surface area contributed by atoms with Crippen molar-refractivity contribution in [3.05, 3.63) is 0 Å². The standard InChI is InChI=1S/C14H29N3O/c1-5-12(4)15-10-14(18)17-9-8-13(11-17)16(6-2)7-3/h12-13,15H,5-11H2,1-4H3. The van der Waals surface area contributed by atoms with Gasteiger partial charge in [-0.25, -0.2) is 0 Å². The van der Waals surface area contributed by atoms with Crippen molar-refractivity contribution < 1.29 is 4.79 Å². The number of amides is 1. The third-order valence-corrected chi connectivity index (χ3v) is 4.06. The van der Waals surface area contributed by atoms with Crippen LogP contribution in [0, 0.1) is 0 Å². The van der Waals surface area contributed by atoms with Crippen LogP contribution in [0.15, 0.2) is 0 Å². The van der Waals surface area contributed by atoms with Gasteiger partial charge in [-0.1, -0.05) is 20.8 Å². The molecule has 4 nitrogen and oxygen atoms in total. The summed E-state index contributed by atoms with van der Waals surface area (Å²) in [6, 6.07) is 0.989. The lowest BCUT2D eigenvalue weighted by atomic mass is 10.2. The Balaban J connectivity index is 2.34. The van der Waals surface area contributed by atoms with Crippen LogP contribution in [0.2, 0.25) is 0 Å². The van der Waals surface area contributed by atoms with Crippen LogP contribution in [0.4, 0.5) is 0 Å². The van der Waals surface area contributed by atoms with E-state index in [1.165, 1.54) is 0 Å². The van der Waals surface area contributed by atoms with Crippen LogP contribution in [-0.4, -0.2) is 60.5 Å². The maximum absolute atomic E-state index is 12.1. The molecule has 1 fully saturated rings. The zero-order valence-electron chi connectivity index (χ0n) is 12.4. The summed E-state index contributed by atoms with van der Waals surface area (Å²) in [6.07, 6.45) is 2.19. The summed E-state index contributed by atoms with van der Waals surface area (Å²) in [5.74, 6) is 0.255. The van der Waals surface area contributed by atoms with E-state index in [2.05, 4.69) is 37.9 Å². The summed E-state index contributed by atoms with van der Waals surface area (Å²) in [7, 11) is 0. The lowest BCUT2D eigenvalue weighted by Crippen LogP contribution is -2.42. The van der Waals surface area contributed by atoms with Crippen LogP contribution >= 0.6 is 0 Å². The molecule has 1 rings (SSSR count). The van der Waals surface area contributed by atoms with Crippen LogP contribution < -0.4 is 5.32 Å². The van der Waals surface area contributed by atoms with Gasteiger partial charge in [-0.2, -0.15) is 0 Å². The Hall–Kier alpha value is -0.610. The van der Waals surface area contributed by atoms with Gasteiger partial charge in [0.1, 0.15) is 0 Å². The Kier molecular flexibility index (Phi) is 6.65. The van der Waals surface area contributed by atoms with Crippen molar-refractivity contribution >= 4 is 5.91 Å². The zero-order valence-corrected chi connectivity index (χ0v) is 12.4. The molecule has 1 aliphatic rings. The maximum atomic E-state index is 12.1. The number of hydrogen-bond donors (Lipinski definition) is 1. The molecule has 0 radical (unpaired) electrons. The lowest BCUT2D eigenvalue weighted by molar-refractivity contribution is -0.129. The fourth-order valence-corrected chi connectivity index (χ4v) is 2.52. The number of rotatable bonds is 7. The SMILES string of the molecule is CCC(C)NCC(=O)N1CCC(N(CC)CC)C1. The minimum absolute atomic E-state index is 0.255. The quantitative estimate of drug-likeness (QED) is 0.745. The molecule has 0 aromatic heterocycles. The third kappa shape index (κ3) is 4.25. The Bertz CT molecular complexity index is 253. The van der Waals surface area contributed by atoms with E-state index in [9.17, 15) is 4.79 Å². The van der Waals surface area contributed by atoms with E-state index in [0.29, 0.717) is 18.6 Å². The zero-order chi connectivity index (χ0) is 13.5. The van der Waals surface area contributed by atoms with E-state index in [-0.39, 0.29) is 5.91 Å². The van der Waals surface area contributed by atoms with Crippen LogP contribution in [-0.2, 0) is 4.79 Å². The molecule has 4 heteroatoms. The van der Waals surface area contributed by atoms with Gasteiger partial charge >= 0.3 is 0 Å². The van der Waals surface area contributed by atoms with Gasteiger partial charge in [-0.05, 0) is 32.9 Å². The normalized spacial score (nSPS) is 21.6. The molecule has 0 aromatic rings. The first-order valence-electron chi connectivity index (χ1n) is 7.37. The molecule has 0 aromatic carbocycles.